The highest BCUT2D eigenvalue weighted by atomic mass is 32.1. The number of nitrogens with zero attached hydrogens (tertiary/aromatic N) is 5. The third-order valence-electron chi connectivity index (χ3n) is 2.60. The highest BCUT2D eigenvalue weighted by molar-refractivity contribution is 6.99. The minimum Gasteiger partial charge on any atom is -0.311 e. The lowest BCUT2D eigenvalue weighted by molar-refractivity contribution is 0.512. The lowest BCUT2D eigenvalue weighted by Gasteiger charge is -2.13. The molecule has 1 unspecified atom stereocenters. The van der Waals surface area contributed by atoms with Crippen molar-refractivity contribution in [3.05, 3.63) is 24.0 Å². The van der Waals surface area contributed by atoms with Crippen LogP contribution in [0.25, 0.3) is 0 Å². The monoisotopic (exact) mass is 252 g/mol. The van der Waals surface area contributed by atoms with Gasteiger partial charge in [0.15, 0.2) is 0 Å². The van der Waals surface area contributed by atoms with Crippen molar-refractivity contribution in [2.75, 3.05) is 7.05 Å². The molecule has 1 N–H and O–H groups in total. The topological polar surface area (TPSA) is 68.5 Å². The van der Waals surface area contributed by atoms with E-state index in [4.69, 9.17) is 0 Å². The van der Waals surface area contributed by atoms with Crippen LogP contribution in [-0.2, 0) is 13.0 Å². The molecule has 2 heterocycles. The smallest absolute Gasteiger partial charge is 0.138 e. The zero-order chi connectivity index (χ0) is 12.1. The first-order valence-corrected chi connectivity index (χ1v) is 6.39. The van der Waals surface area contributed by atoms with E-state index >= 15 is 0 Å². The Morgan fingerprint density at radius 3 is 3.06 bits per heavy atom. The molecule has 92 valence electrons. The standard InChI is InChI=1S/C10H16N6S/c1-3-4-16-10(12-7-13-16)5-8(11-2)9-6-14-17-15-9/h6-8,11H,3-5H2,1-2H3. The lowest BCUT2D eigenvalue weighted by Crippen LogP contribution is -2.21. The van der Waals surface area contributed by atoms with Crippen LogP contribution in [0.4, 0.5) is 0 Å². The van der Waals surface area contributed by atoms with Gasteiger partial charge in [-0.25, -0.2) is 4.98 Å². The summed E-state index contributed by atoms with van der Waals surface area (Å²) < 4.78 is 10.2. The molecule has 0 spiro atoms. The van der Waals surface area contributed by atoms with E-state index in [1.807, 2.05) is 11.7 Å². The number of rotatable bonds is 6. The molecule has 0 aromatic carbocycles. The maximum absolute atomic E-state index is 4.30. The second kappa shape index (κ2) is 5.83. The van der Waals surface area contributed by atoms with Crippen LogP contribution in [0, 0.1) is 0 Å². The molecule has 17 heavy (non-hydrogen) atoms. The average Bonchev–Trinajstić information content (AvgIpc) is 2.97. The molecular formula is C10H16N6S. The predicted molar refractivity (Wildman–Crippen MR) is 65.7 cm³/mol. The minimum absolute atomic E-state index is 0.147. The van der Waals surface area contributed by atoms with E-state index in [0.29, 0.717) is 0 Å². The lowest BCUT2D eigenvalue weighted by atomic mass is 10.1. The zero-order valence-electron chi connectivity index (χ0n) is 10.00. The number of likely N-dealkylation sites (N-methyl/N-ethyl adjacent to an activating group) is 1. The molecule has 0 amide bonds. The molecule has 0 radical (unpaired) electrons. The van der Waals surface area contributed by atoms with Crippen LogP contribution < -0.4 is 5.32 Å². The predicted octanol–water partition coefficient (Wildman–Crippen LogP) is 1.04. The average molecular weight is 252 g/mol. The van der Waals surface area contributed by atoms with Crippen LogP contribution in [0.5, 0.6) is 0 Å². The summed E-state index contributed by atoms with van der Waals surface area (Å²) in [5.41, 5.74) is 0.962. The van der Waals surface area contributed by atoms with Crippen LogP contribution in [0.2, 0.25) is 0 Å². The van der Waals surface area contributed by atoms with Crippen molar-refractivity contribution < 1.29 is 0 Å². The van der Waals surface area contributed by atoms with E-state index < -0.39 is 0 Å². The Labute approximate surface area is 104 Å². The third-order valence-corrected chi connectivity index (χ3v) is 3.09. The minimum atomic E-state index is 0.147. The summed E-state index contributed by atoms with van der Waals surface area (Å²) >= 11 is 1.23. The van der Waals surface area contributed by atoms with Gasteiger partial charge in [0.1, 0.15) is 12.2 Å². The Balaban J connectivity index is 2.10. The summed E-state index contributed by atoms with van der Waals surface area (Å²) in [5.74, 6) is 0.985. The molecule has 0 saturated carbocycles. The first kappa shape index (κ1) is 12.1. The first-order chi connectivity index (χ1) is 8.35. The van der Waals surface area contributed by atoms with Gasteiger partial charge in [-0.1, -0.05) is 6.92 Å². The van der Waals surface area contributed by atoms with Crippen LogP contribution in [-0.4, -0.2) is 30.6 Å². The zero-order valence-corrected chi connectivity index (χ0v) is 10.8. The Morgan fingerprint density at radius 2 is 2.41 bits per heavy atom. The van der Waals surface area contributed by atoms with Crippen molar-refractivity contribution in [2.45, 2.75) is 32.4 Å². The Hall–Kier alpha value is -1.34. The molecule has 0 fully saturated rings. The van der Waals surface area contributed by atoms with E-state index in [0.717, 1.165) is 30.9 Å². The molecule has 0 aliphatic rings. The molecule has 0 saturated heterocycles. The maximum atomic E-state index is 4.30. The van der Waals surface area contributed by atoms with Crippen molar-refractivity contribution in [3.8, 4) is 0 Å². The molecular weight excluding hydrogens is 236 g/mol. The molecule has 0 bridgehead atoms. The van der Waals surface area contributed by atoms with E-state index in [1.165, 1.54) is 11.7 Å². The van der Waals surface area contributed by atoms with Gasteiger partial charge in [0.2, 0.25) is 0 Å². The van der Waals surface area contributed by atoms with Gasteiger partial charge >= 0.3 is 0 Å². The number of hydrogen-bond donors (Lipinski definition) is 1. The van der Waals surface area contributed by atoms with Crippen LogP contribution in [0.1, 0.15) is 30.9 Å². The summed E-state index contributed by atoms with van der Waals surface area (Å²) in [7, 11) is 1.92. The summed E-state index contributed by atoms with van der Waals surface area (Å²) in [5, 5.41) is 7.45. The highest BCUT2D eigenvalue weighted by Gasteiger charge is 2.16. The number of hydrogen-bond acceptors (Lipinski definition) is 6. The highest BCUT2D eigenvalue weighted by Crippen LogP contribution is 2.15. The molecule has 2 aromatic rings. The van der Waals surface area contributed by atoms with Crippen molar-refractivity contribution >= 4 is 11.7 Å². The number of nitrogens with one attached hydrogen (secondary N) is 1. The number of aryl methyl sites for hydroxylation is 1. The fourth-order valence-electron chi connectivity index (χ4n) is 1.71. The van der Waals surface area contributed by atoms with Crippen molar-refractivity contribution in [3.63, 3.8) is 0 Å². The van der Waals surface area contributed by atoms with Gasteiger partial charge in [-0.2, -0.15) is 13.8 Å². The number of aromatic nitrogens is 5. The van der Waals surface area contributed by atoms with Crippen molar-refractivity contribution in [1.82, 2.24) is 28.8 Å². The van der Waals surface area contributed by atoms with E-state index in [-0.39, 0.29) is 6.04 Å². The molecule has 7 heteroatoms. The van der Waals surface area contributed by atoms with Gasteiger partial charge in [0.05, 0.1) is 29.7 Å². The van der Waals surface area contributed by atoms with Gasteiger partial charge < -0.3 is 5.32 Å². The molecule has 6 nitrogen and oxygen atoms in total. The maximum Gasteiger partial charge on any atom is 0.138 e. The van der Waals surface area contributed by atoms with Gasteiger partial charge in [0, 0.05) is 13.0 Å². The van der Waals surface area contributed by atoms with E-state index in [2.05, 4.69) is 31.1 Å². The normalized spacial score (nSPS) is 12.8. The molecule has 0 aliphatic heterocycles. The largest absolute Gasteiger partial charge is 0.311 e. The van der Waals surface area contributed by atoms with Gasteiger partial charge in [-0.05, 0) is 13.5 Å². The molecule has 2 aromatic heterocycles. The second-order valence-corrected chi connectivity index (χ2v) is 4.33. The fraction of sp³-hybridized carbons (Fsp3) is 0.600. The molecule has 2 rings (SSSR count). The van der Waals surface area contributed by atoms with Crippen LogP contribution >= 0.6 is 11.7 Å². The van der Waals surface area contributed by atoms with Crippen molar-refractivity contribution in [1.29, 1.82) is 0 Å². The van der Waals surface area contributed by atoms with Crippen molar-refractivity contribution in [2.24, 2.45) is 0 Å². The fourth-order valence-corrected chi connectivity index (χ4v) is 2.18. The third kappa shape index (κ3) is 2.86. The molecule has 0 aliphatic carbocycles. The SMILES string of the molecule is CCCn1ncnc1CC(NC)c1cnsn1. The summed E-state index contributed by atoms with van der Waals surface area (Å²) in [6, 6.07) is 0.147. The summed E-state index contributed by atoms with van der Waals surface area (Å²) in [6.07, 6.45) is 5.24. The second-order valence-electron chi connectivity index (χ2n) is 3.78. The van der Waals surface area contributed by atoms with E-state index in [9.17, 15) is 0 Å². The Bertz CT molecular complexity index is 437. The first-order valence-electron chi connectivity index (χ1n) is 5.66. The van der Waals surface area contributed by atoms with Gasteiger partial charge in [0.25, 0.3) is 0 Å². The van der Waals surface area contributed by atoms with Gasteiger partial charge in [-0.15, -0.1) is 0 Å². The van der Waals surface area contributed by atoms with Crippen LogP contribution in [0.15, 0.2) is 12.5 Å². The Kier molecular flexibility index (Phi) is 4.16. The molecule has 1 atom stereocenters. The quantitative estimate of drug-likeness (QED) is 0.832. The van der Waals surface area contributed by atoms with Gasteiger partial charge in [-0.3, -0.25) is 4.68 Å². The van der Waals surface area contributed by atoms with E-state index in [1.54, 1.807) is 12.5 Å². The van der Waals surface area contributed by atoms with Crippen LogP contribution in [0.3, 0.4) is 0 Å². The summed E-state index contributed by atoms with van der Waals surface area (Å²) in [6.45, 7) is 3.03. The summed E-state index contributed by atoms with van der Waals surface area (Å²) in [4.78, 5) is 4.30. The Morgan fingerprint density at radius 1 is 1.53 bits per heavy atom.